The lowest BCUT2D eigenvalue weighted by Gasteiger charge is -2.39. The predicted octanol–water partition coefficient (Wildman–Crippen LogP) is 2.64. The van der Waals surface area contributed by atoms with Crippen molar-refractivity contribution >= 4 is 0 Å². The van der Waals surface area contributed by atoms with Crippen LogP contribution in [0.3, 0.4) is 0 Å². The van der Waals surface area contributed by atoms with Crippen molar-refractivity contribution in [3.05, 3.63) is 0 Å². The van der Waals surface area contributed by atoms with E-state index >= 15 is 0 Å². The van der Waals surface area contributed by atoms with Crippen molar-refractivity contribution in [1.29, 1.82) is 0 Å². The zero-order chi connectivity index (χ0) is 14.6. The SMILES string of the molecule is CC1CCCN(CCC2CCCC2(CO)NC(C)C)C1. The highest BCUT2D eigenvalue weighted by molar-refractivity contribution is 5.00. The molecule has 0 aromatic rings. The van der Waals surface area contributed by atoms with Gasteiger partial charge in [-0.05, 0) is 57.0 Å². The standard InChI is InChI=1S/C17H34N2O/c1-14(2)18-17(13-20)9-4-7-16(17)8-11-19-10-5-6-15(3)12-19/h14-16,18,20H,4-13H2,1-3H3. The Kier molecular flexibility index (Phi) is 5.88. The van der Waals surface area contributed by atoms with E-state index in [0.717, 1.165) is 12.3 Å². The van der Waals surface area contributed by atoms with Gasteiger partial charge in [-0.1, -0.05) is 27.2 Å². The number of hydrogen-bond acceptors (Lipinski definition) is 3. The molecule has 0 spiro atoms. The van der Waals surface area contributed by atoms with Gasteiger partial charge in [-0.25, -0.2) is 0 Å². The summed E-state index contributed by atoms with van der Waals surface area (Å²) in [4.78, 5) is 2.64. The Labute approximate surface area is 125 Å². The summed E-state index contributed by atoms with van der Waals surface area (Å²) in [6.07, 6.45) is 7.69. The number of likely N-dealkylation sites (tertiary alicyclic amines) is 1. The molecule has 1 aliphatic carbocycles. The van der Waals surface area contributed by atoms with Crippen molar-refractivity contribution in [3.63, 3.8) is 0 Å². The monoisotopic (exact) mass is 282 g/mol. The van der Waals surface area contributed by atoms with E-state index in [0.29, 0.717) is 18.6 Å². The van der Waals surface area contributed by atoms with Crippen molar-refractivity contribution < 1.29 is 5.11 Å². The molecule has 2 aliphatic rings. The maximum Gasteiger partial charge on any atom is 0.0616 e. The number of aliphatic hydroxyl groups excluding tert-OH is 1. The minimum Gasteiger partial charge on any atom is -0.394 e. The maximum absolute atomic E-state index is 9.94. The molecule has 1 saturated heterocycles. The molecule has 0 amide bonds. The first kappa shape index (κ1) is 16.3. The molecule has 0 bridgehead atoms. The van der Waals surface area contributed by atoms with Gasteiger partial charge in [0.05, 0.1) is 6.61 Å². The van der Waals surface area contributed by atoms with Gasteiger partial charge in [-0.3, -0.25) is 0 Å². The molecule has 0 radical (unpaired) electrons. The van der Waals surface area contributed by atoms with Crippen LogP contribution in [0.1, 0.15) is 59.3 Å². The third-order valence-corrected chi connectivity index (χ3v) is 5.35. The predicted molar refractivity (Wildman–Crippen MR) is 84.9 cm³/mol. The van der Waals surface area contributed by atoms with Gasteiger partial charge in [-0.2, -0.15) is 0 Å². The molecule has 1 saturated carbocycles. The Morgan fingerprint density at radius 2 is 2.10 bits per heavy atom. The van der Waals surface area contributed by atoms with Crippen LogP contribution in [-0.4, -0.2) is 47.8 Å². The van der Waals surface area contributed by atoms with Crippen LogP contribution in [0.15, 0.2) is 0 Å². The van der Waals surface area contributed by atoms with Crippen molar-refractivity contribution in [2.45, 2.75) is 70.9 Å². The normalized spacial score (nSPS) is 35.9. The molecular formula is C17H34N2O. The highest BCUT2D eigenvalue weighted by Gasteiger charge is 2.42. The summed E-state index contributed by atoms with van der Waals surface area (Å²) in [7, 11) is 0. The van der Waals surface area contributed by atoms with Crippen LogP contribution in [-0.2, 0) is 0 Å². The number of nitrogens with one attached hydrogen (secondary N) is 1. The average Bonchev–Trinajstić information content (AvgIpc) is 2.79. The number of hydrogen-bond donors (Lipinski definition) is 2. The van der Waals surface area contributed by atoms with E-state index in [4.69, 9.17) is 0 Å². The molecule has 3 atom stereocenters. The Hall–Kier alpha value is -0.120. The van der Waals surface area contributed by atoms with Gasteiger partial charge in [0.15, 0.2) is 0 Å². The number of piperidine rings is 1. The summed E-state index contributed by atoms with van der Waals surface area (Å²) < 4.78 is 0. The molecule has 0 aromatic heterocycles. The van der Waals surface area contributed by atoms with Gasteiger partial charge < -0.3 is 15.3 Å². The number of aliphatic hydroxyl groups is 1. The molecular weight excluding hydrogens is 248 g/mol. The summed E-state index contributed by atoms with van der Waals surface area (Å²) in [5.74, 6) is 1.51. The topological polar surface area (TPSA) is 35.5 Å². The van der Waals surface area contributed by atoms with Crippen LogP contribution in [0.25, 0.3) is 0 Å². The van der Waals surface area contributed by atoms with Crippen molar-refractivity contribution in [2.24, 2.45) is 11.8 Å². The smallest absolute Gasteiger partial charge is 0.0616 e. The molecule has 3 heteroatoms. The second-order valence-electron chi connectivity index (χ2n) is 7.54. The fourth-order valence-electron chi connectivity index (χ4n) is 4.41. The second kappa shape index (κ2) is 7.24. The van der Waals surface area contributed by atoms with E-state index in [9.17, 15) is 5.11 Å². The summed E-state index contributed by atoms with van der Waals surface area (Å²) in [5.41, 5.74) is -0.00440. The van der Waals surface area contributed by atoms with E-state index in [1.165, 1.54) is 51.7 Å². The van der Waals surface area contributed by atoms with Crippen LogP contribution in [0.5, 0.6) is 0 Å². The highest BCUT2D eigenvalue weighted by Crippen LogP contribution is 2.38. The highest BCUT2D eigenvalue weighted by atomic mass is 16.3. The first-order chi connectivity index (χ1) is 9.55. The fourth-order valence-corrected chi connectivity index (χ4v) is 4.41. The van der Waals surface area contributed by atoms with Crippen LogP contribution < -0.4 is 5.32 Å². The van der Waals surface area contributed by atoms with Crippen molar-refractivity contribution in [2.75, 3.05) is 26.2 Å². The van der Waals surface area contributed by atoms with Crippen LogP contribution in [0.2, 0.25) is 0 Å². The number of rotatable bonds is 6. The van der Waals surface area contributed by atoms with Crippen molar-refractivity contribution in [1.82, 2.24) is 10.2 Å². The molecule has 2 rings (SSSR count). The largest absolute Gasteiger partial charge is 0.394 e. The van der Waals surface area contributed by atoms with Gasteiger partial charge in [0.1, 0.15) is 0 Å². The molecule has 1 aliphatic heterocycles. The quantitative estimate of drug-likeness (QED) is 0.786. The van der Waals surface area contributed by atoms with Crippen LogP contribution >= 0.6 is 0 Å². The lowest BCUT2D eigenvalue weighted by molar-refractivity contribution is 0.0969. The fraction of sp³-hybridized carbons (Fsp3) is 1.00. The summed E-state index contributed by atoms with van der Waals surface area (Å²) in [5, 5.41) is 13.6. The minimum absolute atomic E-state index is 0.00440. The molecule has 3 nitrogen and oxygen atoms in total. The first-order valence-electron chi connectivity index (χ1n) is 8.66. The molecule has 2 fully saturated rings. The first-order valence-corrected chi connectivity index (χ1v) is 8.66. The van der Waals surface area contributed by atoms with Gasteiger partial charge in [0, 0.05) is 18.1 Å². The molecule has 118 valence electrons. The maximum atomic E-state index is 9.94. The Bertz CT molecular complexity index is 295. The van der Waals surface area contributed by atoms with Gasteiger partial charge in [-0.15, -0.1) is 0 Å². The summed E-state index contributed by atoms with van der Waals surface area (Å²) in [6.45, 7) is 10.8. The molecule has 3 unspecified atom stereocenters. The molecule has 1 heterocycles. The van der Waals surface area contributed by atoms with E-state index in [1.807, 2.05) is 0 Å². The van der Waals surface area contributed by atoms with E-state index in [-0.39, 0.29) is 5.54 Å². The van der Waals surface area contributed by atoms with Crippen molar-refractivity contribution in [3.8, 4) is 0 Å². The van der Waals surface area contributed by atoms with Crippen LogP contribution in [0, 0.1) is 11.8 Å². The van der Waals surface area contributed by atoms with E-state index in [1.54, 1.807) is 0 Å². The molecule has 20 heavy (non-hydrogen) atoms. The lowest BCUT2D eigenvalue weighted by Crippen LogP contribution is -2.54. The third-order valence-electron chi connectivity index (χ3n) is 5.35. The average molecular weight is 282 g/mol. The second-order valence-corrected chi connectivity index (χ2v) is 7.54. The zero-order valence-electron chi connectivity index (χ0n) is 13.7. The minimum atomic E-state index is -0.00440. The zero-order valence-corrected chi connectivity index (χ0v) is 13.7. The molecule has 2 N–H and O–H groups in total. The Morgan fingerprint density at radius 3 is 2.75 bits per heavy atom. The lowest BCUT2D eigenvalue weighted by atomic mass is 9.84. The Balaban J connectivity index is 1.86. The number of nitrogens with zero attached hydrogens (tertiary/aromatic N) is 1. The Morgan fingerprint density at radius 1 is 1.30 bits per heavy atom. The van der Waals surface area contributed by atoms with Gasteiger partial charge in [0.25, 0.3) is 0 Å². The van der Waals surface area contributed by atoms with Gasteiger partial charge in [0.2, 0.25) is 0 Å². The van der Waals surface area contributed by atoms with Gasteiger partial charge >= 0.3 is 0 Å². The summed E-state index contributed by atoms with van der Waals surface area (Å²) in [6, 6.07) is 0.456. The van der Waals surface area contributed by atoms with E-state index in [2.05, 4.69) is 31.0 Å². The summed E-state index contributed by atoms with van der Waals surface area (Å²) >= 11 is 0. The van der Waals surface area contributed by atoms with E-state index < -0.39 is 0 Å². The van der Waals surface area contributed by atoms with Crippen LogP contribution in [0.4, 0.5) is 0 Å². The molecule has 0 aromatic carbocycles. The third kappa shape index (κ3) is 3.96.